The summed E-state index contributed by atoms with van der Waals surface area (Å²) in [5.41, 5.74) is -0.308. The van der Waals surface area contributed by atoms with Gasteiger partial charge in [0.25, 0.3) is 10.0 Å². The molecule has 2 aromatic carbocycles. The zero-order valence-electron chi connectivity index (χ0n) is 13.9. The molecule has 138 valence electrons. The topological polar surface area (TPSA) is 98.8 Å². The average molecular weight is 381 g/mol. The van der Waals surface area contributed by atoms with Crippen LogP contribution in [0.3, 0.4) is 0 Å². The summed E-state index contributed by atoms with van der Waals surface area (Å²) in [6, 6.07) is 10.2. The zero-order valence-corrected chi connectivity index (χ0v) is 14.7. The first-order valence-corrected chi connectivity index (χ1v) is 8.89. The number of esters is 2. The molecule has 0 aliphatic heterocycles. The molecule has 1 N–H and O–H groups in total. The number of carbonyl (C=O) groups excluding carboxylic acids is 2. The number of hydrogen-bond acceptors (Lipinski definition) is 6. The number of hydrogen-bond donors (Lipinski definition) is 1. The summed E-state index contributed by atoms with van der Waals surface area (Å²) in [5.74, 6) is -2.38. The molecule has 0 heterocycles. The number of benzene rings is 2. The summed E-state index contributed by atoms with van der Waals surface area (Å²) in [7, 11) is -2.98. The van der Waals surface area contributed by atoms with Gasteiger partial charge in [-0.2, -0.15) is 0 Å². The van der Waals surface area contributed by atoms with Crippen molar-refractivity contribution in [3.05, 3.63) is 59.9 Å². The monoisotopic (exact) mass is 381 g/mol. The van der Waals surface area contributed by atoms with E-state index in [1.807, 2.05) is 0 Å². The molecule has 2 rings (SSSR count). The molecule has 0 aliphatic carbocycles. The van der Waals surface area contributed by atoms with Crippen LogP contribution in [-0.4, -0.2) is 33.6 Å². The minimum Gasteiger partial charge on any atom is -0.466 e. The lowest BCUT2D eigenvalue weighted by molar-refractivity contribution is -0.149. The van der Waals surface area contributed by atoms with Crippen molar-refractivity contribution in [1.29, 1.82) is 0 Å². The van der Waals surface area contributed by atoms with Crippen molar-refractivity contribution in [3.63, 3.8) is 0 Å². The van der Waals surface area contributed by atoms with Crippen LogP contribution < -0.4 is 4.72 Å². The Kier molecular flexibility index (Phi) is 5.93. The van der Waals surface area contributed by atoms with Crippen LogP contribution in [0.25, 0.3) is 0 Å². The second-order valence-electron chi connectivity index (χ2n) is 5.18. The number of methoxy groups -OCH3 is 1. The minimum atomic E-state index is -4.13. The molecule has 0 amide bonds. The molecule has 2 aromatic rings. The van der Waals surface area contributed by atoms with Gasteiger partial charge in [0.2, 0.25) is 0 Å². The van der Waals surface area contributed by atoms with E-state index < -0.39 is 33.9 Å². The maximum Gasteiger partial charge on any atom is 0.346 e. The Bertz CT molecular complexity index is 928. The van der Waals surface area contributed by atoms with Crippen molar-refractivity contribution >= 4 is 27.6 Å². The summed E-state index contributed by atoms with van der Waals surface area (Å²) >= 11 is 0. The van der Waals surface area contributed by atoms with Gasteiger partial charge in [-0.05, 0) is 37.3 Å². The van der Waals surface area contributed by atoms with Crippen LogP contribution in [0.2, 0.25) is 0 Å². The summed E-state index contributed by atoms with van der Waals surface area (Å²) in [6.07, 6.45) is -1.15. The van der Waals surface area contributed by atoms with E-state index in [0.717, 1.165) is 19.2 Å². The number of nitrogens with one attached hydrogen (secondary N) is 1. The van der Waals surface area contributed by atoms with E-state index in [4.69, 9.17) is 4.74 Å². The van der Waals surface area contributed by atoms with Crippen LogP contribution in [0.4, 0.5) is 10.1 Å². The first-order valence-electron chi connectivity index (χ1n) is 7.41. The van der Waals surface area contributed by atoms with Gasteiger partial charge in [0.05, 0.1) is 23.3 Å². The Hall–Kier alpha value is -2.94. The van der Waals surface area contributed by atoms with Crippen molar-refractivity contribution in [2.45, 2.75) is 17.9 Å². The Morgan fingerprint density at radius 3 is 2.46 bits per heavy atom. The Labute approximate surface area is 149 Å². The van der Waals surface area contributed by atoms with Crippen molar-refractivity contribution in [2.24, 2.45) is 0 Å². The van der Waals surface area contributed by atoms with E-state index in [-0.39, 0.29) is 16.1 Å². The van der Waals surface area contributed by atoms with Crippen molar-refractivity contribution < 1.29 is 31.9 Å². The van der Waals surface area contributed by atoms with E-state index in [1.165, 1.54) is 43.3 Å². The van der Waals surface area contributed by atoms with E-state index in [1.54, 1.807) is 0 Å². The lowest BCUT2D eigenvalue weighted by Crippen LogP contribution is -2.25. The molecule has 0 fully saturated rings. The molecule has 0 spiro atoms. The van der Waals surface area contributed by atoms with Gasteiger partial charge in [0.15, 0.2) is 6.10 Å². The molecular formula is C17H16FNO6S. The van der Waals surface area contributed by atoms with Crippen LogP contribution in [-0.2, 0) is 24.3 Å². The van der Waals surface area contributed by atoms with Gasteiger partial charge in [-0.25, -0.2) is 22.4 Å². The molecule has 1 atom stereocenters. The van der Waals surface area contributed by atoms with E-state index >= 15 is 0 Å². The minimum absolute atomic E-state index is 0.0860. The highest BCUT2D eigenvalue weighted by molar-refractivity contribution is 7.92. The Morgan fingerprint density at radius 1 is 1.12 bits per heavy atom. The molecule has 0 unspecified atom stereocenters. The number of carbonyl (C=O) groups is 2. The number of para-hydroxylation sites is 1. The molecule has 0 saturated carbocycles. The third-order valence-electron chi connectivity index (χ3n) is 3.32. The summed E-state index contributed by atoms with van der Waals surface area (Å²) in [4.78, 5) is 23.1. The van der Waals surface area contributed by atoms with E-state index in [9.17, 15) is 22.4 Å². The first kappa shape index (κ1) is 19.4. The fraction of sp³-hybridized carbons (Fsp3) is 0.176. The van der Waals surface area contributed by atoms with Crippen molar-refractivity contribution in [3.8, 4) is 0 Å². The van der Waals surface area contributed by atoms with Gasteiger partial charge >= 0.3 is 11.9 Å². The van der Waals surface area contributed by atoms with Crippen molar-refractivity contribution in [2.75, 3.05) is 11.8 Å². The van der Waals surface area contributed by atoms with Crippen LogP contribution in [0.15, 0.2) is 53.4 Å². The van der Waals surface area contributed by atoms with Gasteiger partial charge < -0.3 is 9.47 Å². The lowest BCUT2D eigenvalue weighted by Gasteiger charge is -2.12. The normalized spacial score (nSPS) is 12.1. The summed E-state index contributed by atoms with van der Waals surface area (Å²) < 4.78 is 49.9. The largest absolute Gasteiger partial charge is 0.466 e. The zero-order chi connectivity index (χ0) is 19.3. The molecule has 7 nitrogen and oxygen atoms in total. The highest BCUT2D eigenvalue weighted by atomic mass is 32.2. The molecule has 0 aromatic heterocycles. The quantitative estimate of drug-likeness (QED) is 0.771. The van der Waals surface area contributed by atoms with Crippen LogP contribution in [0, 0.1) is 5.82 Å². The SMILES string of the molecule is COC(=O)[C@H](C)OC(=O)c1cccc(S(=O)(=O)Nc2ccccc2F)c1. The predicted molar refractivity (Wildman–Crippen MR) is 90.5 cm³/mol. The molecule has 0 aliphatic rings. The van der Waals surface area contributed by atoms with Gasteiger partial charge in [-0.3, -0.25) is 4.72 Å². The highest BCUT2D eigenvalue weighted by Gasteiger charge is 2.22. The van der Waals surface area contributed by atoms with Gasteiger partial charge in [-0.15, -0.1) is 0 Å². The van der Waals surface area contributed by atoms with Gasteiger partial charge in [0.1, 0.15) is 5.82 Å². The maximum absolute atomic E-state index is 13.7. The third-order valence-corrected chi connectivity index (χ3v) is 4.68. The number of ether oxygens (including phenoxy) is 2. The van der Waals surface area contributed by atoms with Crippen LogP contribution in [0.5, 0.6) is 0 Å². The standard InChI is InChI=1S/C17H16FNO6S/c1-11(16(20)24-2)25-17(21)12-6-5-7-13(10-12)26(22,23)19-15-9-4-3-8-14(15)18/h3-11,19H,1-2H3/t11-/m0/s1. The molecule has 0 radical (unpaired) electrons. The summed E-state index contributed by atoms with van der Waals surface area (Å²) in [6.45, 7) is 1.32. The average Bonchev–Trinajstić information content (AvgIpc) is 2.62. The molecule has 0 saturated heterocycles. The fourth-order valence-corrected chi connectivity index (χ4v) is 3.09. The number of anilines is 1. The highest BCUT2D eigenvalue weighted by Crippen LogP contribution is 2.20. The van der Waals surface area contributed by atoms with Gasteiger partial charge in [0, 0.05) is 0 Å². The molecule has 0 bridgehead atoms. The fourth-order valence-electron chi connectivity index (χ4n) is 1.98. The van der Waals surface area contributed by atoms with Crippen molar-refractivity contribution in [1.82, 2.24) is 0 Å². The van der Waals surface area contributed by atoms with Gasteiger partial charge in [-0.1, -0.05) is 18.2 Å². The second-order valence-corrected chi connectivity index (χ2v) is 6.87. The molecule has 9 heteroatoms. The Morgan fingerprint density at radius 2 is 1.81 bits per heavy atom. The third kappa shape index (κ3) is 4.57. The Balaban J connectivity index is 2.24. The maximum atomic E-state index is 13.7. The number of sulfonamides is 1. The second kappa shape index (κ2) is 7.96. The van der Waals surface area contributed by atoms with Crippen LogP contribution >= 0.6 is 0 Å². The smallest absolute Gasteiger partial charge is 0.346 e. The van der Waals surface area contributed by atoms with E-state index in [0.29, 0.717) is 0 Å². The number of rotatable bonds is 6. The number of halogens is 1. The summed E-state index contributed by atoms with van der Waals surface area (Å²) in [5, 5.41) is 0. The molecule has 26 heavy (non-hydrogen) atoms. The lowest BCUT2D eigenvalue weighted by atomic mass is 10.2. The first-order chi connectivity index (χ1) is 12.2. The van der Waals surface area contributed by atoms with Crippen LogP contribution in [0.1, 0.15) is 17.3 Å². The predicted octanol–water partition coefficient (Wildman–Crippen LogP) is 2.34. The molecular weight excluding hydrogens is 365 g/mol. The van der Waals surface area contributed by atoms with E-state index in [2.05, 4.69) is 9.46 Å².